The largest absolute Gasteiger partial charge is 0.474 e. The molecule has 1 saturated heterocycles. The summed E-state index contributed by atoms with van der Waals surface area (Å²) in [6.07, 6.45) is 2.86. The minimum atomic E-state index is -2.81. The molecule has 2 saturated carbocycles. The second-order valence-corrected chi connectivity index (χ2v) is 12.2. The first kappa shape index (κ1) is 31.9. The van der Waals surface area contributed by atoms with Gasteiger partial charge < -0.3 is 29.7 Å². The zero-order valence-electron chi connectivity index (χ0n) is 26.1. The number of benzene rings is 1. The molecule has 0 atom stereocenters. The van der Waals surface area contributed by atoms with E-state index >= 15 is 0 Å². The topological polar surface area (TPSA) is 133 Å². The molecular formula is C32H41F2N7O5. The van der Waals surface area contributed by atoms with Crippen LogP contribution in [-0.2, 0) is 14.3 Å². The van der Waals surface area contributed by atoms with Crippen molar-refractivity contribution >= 4 is 29.0 Å². The first-order valence-electron chi connectivity index (χ1n) is 16.3. The molecule has 1 aromatic carbocycles. The van der Waals surface area contributed by atoms with Crippen LogP contribution in [0.4, 0.5) is 19.5 Å². The lowest BCUT2D eigenvalue weighted by molar-refractivity contribution is -0.132. The number of nitrogens with one attached hydrogen (secondary N) is 2. The number of carbonyl (C=O) groups excluding carboxylic acids is 2. The molecule has 2 amide bonds. The van der Waals surface area contributed by atoms with E-state index in [9.17, 15) is 18.4 Å². The molecule has 6 rings (SSSR count). The predicted molar refractivity (Wildman–Crippen MR) is 165 cm³/mol. The van der Waals surface area contributed by atoms with E-state index in [4.69, 9.17) is 19.2 Å². The van der Waals surface area contributed by atoms with Crippen molar-refractivity contribution in [3.05, 3.63) is 36.2 Å². The Bertz CT molecular complexity index is 1520. The molecule has 0 unspecified atom stereocenters. The van der Waals surface area contributed by atoms with Crippen LogP contribution in [0.25, 0.3) is 16.9 Å². The van der Waals surface area contributed by atoms with Gasteiger partial charge >= 0.3 is 6.09 Å². The van der Waals surface area contributed by atoms with Gasteiger partial charge in [-0.05, 0) is 63.5 Å². The predicted octanol–water partition coefficient (Wildman–Crippen LogP) is 4.84. The van der Waals surface area contributed by atoms with E-state index in [2.05, 4.69) is 20.6 Å². The summed E-state index contributed by atoms with van der Waals surface area (Å²) in [6.45, 7) is 4.49. The smallest absolute Gasteiger partial charge is 0.407 e. The lowest BCUT2D eigenvalue weighted by Gasteiger charge is -2.41. The number of carbonyl (C=O) groups is 2. The Labute approximate surface area is 266 Å². The fourth-order valence-corrected chi connectivity index (χ4v) is 6.21. The number of imidazole rings is 1. The highest BCUT2D eigenvalue weighted by Crippen LogP contribution is 2.34. The van der Waals surface area contributed by atoms with Gasteiger partial charge in [0.2, 0.25) is 17.7 Å². The summed E-state index contributed by atoms with van der Waals surface area (Å²) >= 11 is 0. The quantitative estimate of drug-likeness (QED) is 0.282. The van der Waals surface area contributed by atoms with Crippen LogP contribution in [0.1, 0.15) is 77.0 Å². The van der Waals surface area contributed by atoms with Crippen molar-refractivity contribution in [2.45, 2.75) is 88.8 Å². The summed E-state index contributed by atoms with van der Waals surface area (Å²) in [4.78, 5) is 41.1. The number of alkyl carbamates (subject to hydrolysis) is 1. The van der Waals surface area contributed by atoms with E-state index in [1.54, 1.807) is 30.3 Å². The highest BCUT2D eigenvalue weighted by Gasteiger charge is 2.46. The molecule has 248 valence electrons. The van der Waals surface area contributed by atoms with Crippen LogP contribution in [0.2, 0.25) is 0 Å². The highest BCUT2D eigenvalue weighted by atomic mass is 19.3. The van der Waals surface area contributed by atoms with Crippen LogP contribution >= 0.6 is 0 Å². The number of hydrogen-bond acceptors (Lipinski definition) is 9. The van der Waals surface area contributed by atoms with Crippen molar-refractivity contribution in [2.75, 3.05) is 37.8 Å². The minimum Gasteiger partial charge on any atom is -0.474 e. The van der Waals surface area contributed by atoms with E-state index in [1.165, 1.54) is 4.57 Å². The first-order chi connectivity index (χ1) is 22.3. The van der Waals surface area contributed by atoms with Crippen molar-refractivity contribution in [3.8, 4) is 11.7 Å². The van der Waals surface area contributed by atoms with Crippen LogP contribution in [0, 0.1) is 0 Å². The summed E-state index contributed by atoms with van der Waals surface area (Å²) < 4.78 is 46.9. The van der Waals surface area contributed by atoms with Gasteiger partial charge in [-0.15, -0.1) is 0 Å². The number of anilines is 1. The number of morpholine rings is 1. The molecule has 3 aromatic rings. The van der Waals surface area contributed by atoms with Crippen LogP contribution in [0.15, 0.2) is 30.3 Å². The van der Waals surface area contributed by atoms with E-state index < -0.39 is 23.9 Å². The molecule has 2 N–H and O–H groups in total. The number of nitrogens with zero attached hydrogens (tertiary/aromatic N) is 5. The molecule has 0 spiro atoms. The van der Waals surface area contributed by atoms with Gasteiger partial charge in [0.15, 0.2) is 5.82 Å². The summed E-state index contributed by atoms with van der Waals surface area (Å²) in [5.74, 6) is 0.344. The number of ether oxygens (including phenoxy) is 3. The van der Waals surface area contributed by atoms with Gasteiger partial charge in [0, 0.05) is 25.2 Å². The van der Waals surface area contributed by atoms with E-state index in [-0.39, 0.29) is 29.8 Å². The Kier molecular flexibility index (Phi) is 9.81. The maximum atomic E-state index is 14.2. The van der Waals surface area contributed by atoms with E-state index in [0.29, 0.717) is 88.4 Å². The van der Waals surface area contributed by atoms with Crippen molar-refractivity contribution in [1.29, 1.82) is 0 Å². The average molecular weight is 642 g/mol. The van der Waals surface area contributed by atoms with Crippen molar-refractivity contribution in [3.63, 3.8) is 0 Å². The molecule has 3 aliphatic rings. The number of alkyl halides is 2. The maximum absolute atomic E-state index is 14.2. The standard InChI is InChI=1S/C32H41F2N7O5/c1-2-3-17-45-31(43)39-32(13-6-14-32)29(42)35-21-9-11-22(12-10-21)46-26-20-25(37-30(38-26)40-15-18-44-19-16-40)41-24-8-5-4-7-23(24)36-28(41)27(33)34/h4-5,7-8,20-22,27H,2-3,6,9-19H2,1H3,(H,35,42)(H,39,43). The second-order valence-electron chi connectivity index (χ2n) is 12.2. The van der Waals surface area contributed by atoms with Gasteiger partial charge in [0.1, 0.15) is 17.5 Å². The lowest BCUT2D eigenvalue weighted by atomic mass is 9.75. The lowest BCUT2D eigenvalue weighted by Crippen LogP contribution is -2.64. The summed E-state index contributed by atoms with van der Waals surface area (Å²) in [7, 11) is 0. The zero-order chi connectivity index (χ0) is 32.1. The van der Waals surface area contributed by atoms with Gasteiger partial charge in [-0.3, -0.25) is 9.36 Å². The molecule has 2 aliphatic carbocycles. The summed E-state index contributed by atoms with van der Waals surface area (Å²) in [5, 5.41) is 5.96. The molecule has 3 fully saturated rings. The van der Waals surface area contributed by atoms with Crippen LogP contribution in [-0.4, -0.2) is 82.1 Å². The molecule has 46 heavy (non-hydrogen) atoms. The zero-order valence-corrected chi connectivity index (χ0v) is 26.1. The van der Waals surface area contributed by atoms with Crippen LogP contribution < -0.4 is 20.3 Å². The fraction of sp³-hybridized carbons (Fsp3) is 0.594. The molecule has 14 heteroatoms. The third-order valence-corrected chi connectivity index (χ3v) is 8.99. The van der Waals surface area contributed by atoms with Crippen molar-refractivity contribution in [1.82, 2.24) is 30.2 Å². The van der Waals surface area contributed by atoms with Crippen LogP contribution in [0.3, 0.4) is 0 Å². The fourth-order valence-electron chi connectivity index (χ4n) is 6.21. The highest BCUT2D eigenvalue weighted by molar-refractivity contribution is 5.91. The summed E-state index contributed by atoms with van der Waals surface area (Å²) in [5.41, 5.74) is 0.0392. The Hall–Kier alpha value is -4.07. The molecule has 0 radical (unpaired) electrons. The number of para-hydroxylation sites is 2. The van der Waals surface area contributed by atoms with E-state index in [1.807, 2.05) is 11.8 Å². The summed E-state index contributed by atoms with van der Waals surface area (Å²) in [6, 6.07) is 8.49. The number of fused-ring (bicyclic) bond motifs is 1. The van der Waals surface area contributed by atoms with Gasteiger partial charge in [0.25, 0.3) is 6.43 Å². The monoisotopic (exact) mass is 641 g/mol. The number of hydrogen-bond donors (Lipinski definition) is 2. The normalized spacial score (nSPS) is 21.1. The average Bonchev–Trinajstić information content (AvgIpc) is 3.44. The second kappa shape index (κ2) is 14.1. The number of rotatable bonds is 11. The van der Waals surface area contributed by atoms with Gasteiger partial charge in [-0.1, -0.05) is 25.5 Å². The number of unbranched alkanes of at least 4 members (excludes halogenated alkanes) is 1. The van der Waals surface area contributed by atoms with Crippen molar-refractivity contribution < 1.29 is 32.6 Å². The van der Waals surface area contributed by atoms with Crippen LogP contribution in [0.5, 0.6) is 5.88 Å². The Morgan fingerprint density at radius 1 is 1.09 bits per heavy atom. The van der Waals surface area contributed by atoms with Gasteiger partial charge in [0.05, 0.1) is 30.9 Å². The third-order valence-electron chi connectivity index (χ3n) is 8.99. The Morgan fingerprint density at radius 2 is 1.85 bits per heavy atom. The first-order valence-corrected chi connectivity index (χ1v) is 16.3. The molecule has 12 nitrogen and oxygen atoms in total. The van der Waals surface area contributed by atoms with E-state index in [0.717, 1.165) is 19.3 Å². The molecular weight excluding hydrogens is 600 g/mol. The number of amides is 2. The molecule has 1 aliphatic heterocycles. The van der Waals surface area contributed by atoms with Gasteiger partial charge in [-0.25, -0.2) is 18.6 Å². The van der Waals surface area contributed by atoms with Gasteiger partial charge in [-0.2, -0.15) is 9.97 Å². The number of aromatic nitrogens is 4. The third kappa shape index (κ3) is 7.01. The minimum absolute atomic E-state index is 0.0569. The Morgan fingerprint density at radius 3 is 2.54 bits per heavy atom. The maximum Gasteiger partial charge on any atom is 0.407 e. The Balaban J connectivity index is 1.14. The molecule has 2 aromatic heterocycles. The molecule has 0 bridgehead atoms. The molecule has 3 heterocycles. The van der Waals surface area contributed by atoms with Crippen molar-refractivity contribution in [2.24, 2.45) is 0 Å². The SMILES string of the molecule is CCCCOC(=O)NC1(C(=O)NC2CCC(Oc3cc(-n4c(C(F)F)nc5ccccc54)nc(N4CCOCC4)n3)CC2)CCC1. The number of halogens is 2.